The largest absolute Gasteiger partial charge is 0.493 e. The highest BCUT2D eigenvalue weighted by Gasteiger charge is 2.22. The van der Waals surface area contributed by atoms with Crippen molar-refractivity contribution in [2.75, 3.05) is 19.1 Å². The number of ether oxygens (including phenoxy) is 2. The van der Waals surface area contributed by atoms with Crippen LogP contribution in [-0.4, -0.2) is 27.5 Å². The van der Waals surface area contributed by atoms with Crippen molar-refractivity contribution in [3.63, 3.8) is 0 Å². The van der Waals surface area contributed by atoms with Crippen LogP contribution in [0.4, 0.5) is 0 Å². The van der Waals surface area contributed by atoms with Gasteiger partial charge in [0.05, 0.1) is 33.0 Å². The SMILES string of the molecule is CC[C@@H](C)COc1c(Cl)cc(S(=O)(=O)c2ccc(OC[C@@H](C)CCl)cc2)cc1Cl. The Kier molecular flexibility index (Phi) is 8.95. The van der Waals surface area contributed by atoms with Crippen LogP contribution in [0.2, 0.25) is 10.0 Å². The highest BCUT2D eigenvalue weighted by atomic mass is 35.5. The molecule has 0 N–H and O–H groups in total. The van der Waals surface area contributed by atoms with Crippen molar-refractivity contribution in [3.8, 4) is 11.5 Å². The highest BCUT2D eigenvalue weighted by molar-refractivity contribution is 7.91. The van der Waals surface area contributed by atoms with Crippen molar-refractivity contribution >= 4 is 44.6 Å². The van der Waals surface area contributed by atoms with Crippen LogP contribution in [-0.2, 0) is 9.84 Å². The summed E-state index contributed by atoms with van der Waals surface area (Å²) in [4.78, 5) is 0.128. The van der Waals surface area contributed by atoms with Gasteiger partial charge in [-0.25, -0.2) is 8.42 Å². The van der Waals surface area contributed by atoms with Gasteiger partial charge in [-0.15, -0.1) is 11.6 Å². The fraction of sp³-hybridized carbons (Fsp3) is 0.429. The highest BCUT2D eigenvalue weighted by Crippen LogP contribution is 2.37. The van der Waals surface area contributed by atoms with E-state index in [1.165, 1.54) is 24.3 Å². The van der Waals surface area contributed by atoms with Gasteiger partial charge in [0.1, 0.15) is 5.75 Å². The van der Waals surface area contributed by atoms with Crippen LogP contribution in [0.5, 0.6) is 11.5 Å². The van der Waals surface area contributed by atoms with Gasteiger partial charge in [0, 0.05) is 11.8 Å². The Labute approximate surface area is 188 Å². The van der Waals surface area contributed by atoms with Crippen LogP contribution in [0.25, 0.3) is 0 Å². The van der Waals surface area contributed by atoms with Crippen molar-refractivity contribution in [3.05, 3.63) is 46.4 Å². The molecule has 0 bridgehead atoms. The first-order chi connectivity index (χ1) is 13.7. The Hall–Kier alpha value is -1.14. The number of benzene rings is 2. The molecule has 0 heterocycles. The lowest BCUT2D eigenvalue weighted by Gasteiger charge is -2.15. The third-order valence-electron chi connectivity index (χ3n) is 4.42. The molecule has 2 rings (SSSR count). The molecule has 0 saturated carbocycles. The van der Waals surface area contributed by atoms with E-state index in [0.29, 0.717) is 36.5 Å². The van der Waals surface area contributed by atoms with E-state index in [2.05, 4.69) is 6.92 Å². The summed E-state index contributed by atoms with van der Waals surface area (Å²) >= 11 is 18.3. The second-order valence-corrected chi connectivity index (χ2v) is 10.2. The Morgan fingerprint density at radius 3 is 1.97 bits per heavy atom. The van der Waals surface area contributed by atoms with Gasteiger partial charge in [0.2, 0.25) is 9.84 Å². The number of alkyl halides is 1. The fourth-order valence-electron chi connectivity index (χ4n) is 2.31. The molecule has 0 aliphatic heterocycles. The zero-order chi connectivity index (χ0) is 21.6. The molecule has 0 aliphatic carbocycles. The van der Waals surface area contributed by atoms with E-state index in [-0.39, 0.29) is 25.8 Å². The van der Waals surface area contributed by atoms with Crippen LogP contribution in [0.3, 0.4) is 0 Å². The van der Waals surface area contributed by atoms with Crippen LogP contribution in [0, 0.1) is 11.8 Å². The van der Waals surface area contributed by atoms with Crippen LogP contribution in [0.15, 0.2) is 46.2 Å². The molecule has 0 fully saturated rings. The standard InChI is InChI=1S/C21H25Cl3O4S/c1-4-14(2)12-28-21-19(23)9-18(10-20(21)24)29(25,26)17-7-5-16(6-8-17)27-13-15(3)11-22/h5-10,14-15H,4,11-13H2,1-3H3/t14-,15+/m1/s1. The normalized spacial score (nSPS) is 13.7. The fourth-order valence-corrected chi connectivity index (χ4v) is 4.43. The van der Waals surface area contributed by atoms with E-state index in [4.69, 9.17) is 44.3 Å². The zero-order valence-corrected chi connectivity index (χ0v) is 19.7. The number of hydrogen-bond donors (Lipinski definition) is 0. The zero-order valence-electron chi connectivity index (χ0n) is 16.6. The van der Waals surface area contributed by atoms with Gasteiger partial charge in [-0.05, 0) is 42.3 Å². The third-order valence-corrected chi connectivity index (χ3v) is 7.26. The van der Waals surface area contributed by atoms with Gasteiger partial charge in [-0.3, -0.25) is 0 Å². The van der Waals surface area contributed by atoms with E-state index in [1.54, 1.807) is 12.1 Å². The maximum Gasteiger partial charge on any atom is 0.206 e. The molecule has 160 valence electrons. The van der Waals surface area contributed by atoms with Crippen molar-refractivity contribution in [1.82, 2.24) is 0 Å². The second-order valence-electron chi connectivity index (χ2n) is 7.09. The minimum atomic E-state index is -3.79. The summed E-state index contributed by atoms with van der Waals surface area (Å²) in [5.74, 6) is 1.89. The van der Waals surface area contributed by atoms with Crippen LogP contribution in [0.1, 0.15) is 27.2 Å². The molecule has 8 heteroatoms. The van der Waals surface area contributed by atoms with E-state index < -0.39 is 9.84 Å². The van der Waals surface area contributed by atoms with Crippen LogP contribution >= 0.6 is 34.8 Å². The first-order valence-electron chi connectivity index (χ1n) is 9.34. The topological polar surface area (TPSA) is 52.6 Å². The molecule has 0 radical (unpaired) electrons. The molecule has 2 aromatic carbocycles. The van der Waals surface area contributed by atoms with Crippen molar-refractivity contribution in [2.45, 2.75) is 37.0 Å². The molecule has 29 heavy (non-hydrogen) atoms. The maximum atomic E-state index is 13.0. The van der Waals surface area contributed by atoms with E-state index in [9.17, 15) is 8.42 Å². The molecule has 0 aromatic heterocycles. The van der Waals surface area contributed by atoms with E-state index in [0.717, 1.165) is 6.42 Å². The molecule has 0 aliphatic rings. The summed E-state index contributed by atoms with van der Waals surface area (Å²) in [6.45, 7) is 6.98. The van der Waals surface area contributed by atoms with Crippen molar-refractivity contribution < 1.29 is 17.9 Å². The van der Waals surface area contributed by atoms with E-state index in [1.807, 2.05) is 13.8 Å². The molecule has 0 amide bonds. The Morgan fingerprint density at radius 2 is 1.45 bits per heavy atom. The summed E-state index contributed by atoms with van der Waals surface area (Å²) in [5.41, 5.74) is 0. The molecule has 0 saturated heterocycles. The van der Waals surface area contributed by atoms with Crippen LogP contribution < -0.4 is 9.47 Å². The molecule has 4 nitrogen and oxygen atoms in total. The van der Waals surface area contributed by atoms with Crippen molar-refractivity contribution in [2.24, 2.45) is 11.8 Å². The lowest BCUT2D eigenvalue weighted by Crippen LogP contribution is -2.10. The number of rotatable bonds is 10. The quantitative estimate of drug-likeness (QED) is 0.365. The number of hydrogen-bond acceptors (Lipinski definition) is 4. The average molecular weight is 480 g/mol. The minimum absolute atomic E-state index is 0.00724. The smallest absolute Gasteiger partial charge is 0.206 e. The lowest BCUT2D eigenvalue weighted by molar-refractivity contribution is 0.257. The second kappa shape index (κ2) is 10.8. The third kappa shape index (κ3) is 6.42. The van der Waals surface area contributed by atoms with Gasteiger partial charge in [-0.2, -0.15) is 0 Å². The van der Waals surface area contributed by atoms with Gasteiger partial charge >= 0.3 is 0 Å². The number of sulfone groups is 1. The van der Waals surface area contributed by atoms with Gasteiger partial charge < -0.3 is 9.47 Å². The van der Waals surface area contributed by atoms with E-state index >= 15 is 0 Å². The predicted molar refractivity (Wildman–Crippen MR) is 119 cm³/mol. The summed E-state index contributed by atoms with van der Waals surface area (Å²) in [5, 5.41) is 0.323. The Balaban J connectivity index is 2.22. The Bertz CT molecular complexity index is 891. The summed E-state index contributed by atoms with van der Waals surface area (Å²) < 4.78 is 37.2. The number of halogens is 3. The summed E-state index contributed by atoms with van der Waals surface area (Å²) in [6, 6.07) is 8.93. The monoisotopic (exact) mass is 478 g/mol. The molecular weight excluding hydrogens is 455 g/mol. The maximum absolute atomic E-state index is 13.0. The minimum Gasteiger partial charge on any atom is -0.493 e. The van der Waals surface area contributed by atoms with Gasteiger partial charge in [-0.1, -0.05) is 50.4 Å². The molecule has 0 unspecified atom stereocenters. The molecule has 0 spiro atoms. The molecule has 2 atom stereocenters. The molecule has 2 aromatic rings. The average Bonchev–Trinajstić information content (AvgIpc) is 2.71. The van der Waals surface area contributed by atoms with Gasteiger partial charge in [0.15, 0.2) is 5.75 Å². The predicted octanol–water partition coefficient (Wildman–Crippen LogP) is 6.50. The Morgan fingerprint density at radius 1 is 0.897 bits per heavy atom. The lowest BCUT2D eigenvalue weighted by atomic mass is 10.1. The first kappa shape index (κ1) is 24.1. The summed E-state index contributed by atoms with van der Waals surface area (Å²) in [7, 11) is -3.79. The van der Waals surface area contributed by atoms with Crippen molar-refractivity contribution in [1.29, 1.82) is 0 Å². The summed E-state index contributed by atoms with van der Waals surface area (Å²) in [6.07, 6.45) is 0.951. The first-order valence-corrected chi connectivity index (χ1v) is 12.1. The van der Waals surface area contributed by atoms with Gasteiger partial charge in [0.25, 0.3) is 0 Å². The molecular formula is C21H25Cl3O4S.